The van der Waals surface area contributed by atoms with E-state index in [1.54, 1.807) is 0 Å². The van der Waals surface area contributed by atoms with Crippen LogP contribution in [0.1, 0.15) is 65.2 Å². The smallest absolute Gasteiger partial charge is 0.0570 e. The van der Waals surface area contributed by atoms with Crippen molar-refractivity contribution < 1.29 is 5.21 Å². The van der Waals surface area contributed by atoms with Crippen molar-refractivity contribution >= 4 is 5.71 Å². The van der Waals surface area contributed by atoms with Crippen LogP contribution >= 0.6 is 0 Å². The van der Waals surface area contributed by atoms with E-state index < -0.39 is 0 Å². The van der Waals surface area contributed by atoms with Crippen molar-refractivity contribution in [2.24, 2.45) is 5.16 Å². The van der Waals surface area contributed by atoms with Crippen molar-refractivity contribution in [1.82, 2.24) is 0 Å². The molecule has 0 aromatic rings. The minimum Gasteiger partial charge on any atom is -0.411 e. The van der Waals surface area contributed by atoms with Gasteiger partial charge in [0.1, 0.15) is 0 Å². The summed E-state index contributed by atoms with van der Waals surface area (Å²) in [6.07, 6.45) is 9.40. The molecule has 0 rings (SSSR count). The maximum absolute atomic E-state index is 8.65. The molecule has 0 unspecified atom stereocenters. The SMILES string of the molecule is CCCCCCCC(CCC)=NO. The molecule has 0 aliphatic heterocycles. The number of nitrogens with zero attached hydrogens (tertiary/aromatic N) is 1. The van der Waals surface area contributed by atoms with Gasteiger partial charge in [0, 0.05) is 0 Å². The molecule has 0 bridgehead atoms. The average Bonchev–Trinajstić information content (AvgIpc) is 2.16. The lowest BCUT2D eigenvalue weighted by atomic mass is 10.1. The molecule has 0 aromatic heterocycles. The minimum absolute atomic E-state index is 0.949. The van der Waals surface area contributed by atoms with Crippen molar-refractivity contribution in [2.45, 2.75) is 65.2 Å². The molecule has 0 saturated heterocycles. The fraction of sp³-hybridized carbons (Fsp3) is 0.909. The highest BCUT2D eigenvalue weighted by Crippen LogP contribution is 2.07. The monoisotopic (exact) mass is 185 g/mol. The van der Waals surface area contributed by atoms with E-state index in [9.17, 15) is 0 Å². The Balaban J connectivity index is 3.29. The Morgan fingerprint density at radius 2 is 1.62 bits per heavy atom. The summed E-state index contributed by atoms with van der Waals surface area (Å²) in [7, 11) is 0. The Labute approximate surface area is 82.0 Å². The molecule has 2 heteroatoms. The van der Waals surface area contributed by atoms with Crippen LogP contribution < -0.4 is 0 Å². The van der Waals surface area contributed by atoms with E-state index in [1.807, 2.05) is 0 Å². The number of unbranched alkanes of at least 4 members (excludes halogenated alkanes) is 4. The topological polar surface area (TPSA) is 32.6 Å². The molecule has 0 aromatic carbocycles. The normalized spacial score (nSPS) is 12.0. The number of rotatable bonds is 8. The van der Waals surface area contributed by atoms with Crippen molar-refractivity contribution in [1.29, 1.82) is 0 Å². The quantitative estimate of drug-likeness (QED) is 0.264. The molecular weight excluding hydrogens is 162 g/mol. The summed E-state index contributed by atoms with van der Waals surface area (Å²) in [5.74, 6) is 0. The molecule has 0 fully saturated rings. The van der Waals surface area contributed by atoms with Gasteiger partial charge in [0.05, 0.1) is 5.71 Å². The van der Waals surface area contributed by atoms with Gasteiger partial charge in [-0.2, -0.15) is 0 Å². The third kappa shape index (κ3) is 7.82. The van der Waals surface area contributed by atoms with Crippen LogP contribution in [0.25, 0.3) is 0 Å². The predicted molar refractivity (Wildman–Crippen MR) is 57.5 cm³/mol. The molecule has 0 aliphatic carbocycles. The zero-order valence-corrected chi connectivity index (χ0v) is 9.05. The average molecular weight is 185 g/mol. The summed E-state index contributed by atoms with van der Waals surface area (Å²) in [6.45, 7) is 4.33. The first kappa shape index (κ1) is 12.5. The van der Waals surface area contributed by atoms with Gasteiger partial charge in [-0.3, -0.25) is 0 Å². The fourth-order valence-electron chi connectivity index (χ4n) is 1.45. The van der Waals surface area contributed by atoms with Gasteiger partial charge >= 0.3 is 0 Å². The fourth-order valence-corrected chi connectivity index (χ4v) is 1.45. The lowest BCUT2D eigenvalue weighted by Gasteiger charge is -2.02. The first-order valence-electron chi connectivity index (χ1n) is 5.54. The molecule has 13 heavy (non-hydrogen) atoms. The van der Waals surface area contributed by atoms with Crippen LogP contribution in [0.4, 0.5) is 0 Å². The molecular formula is C11H23NO. The minimum atomic E-state index is 0.949. The summed E-state index contributed by atoms with van der Waals surface area (Å²) in [6, 6.07) is 0. The third-order valence-electron chi connectivity index (χ3n) is 2.25. The van der Waals surface area contributed by atoms with E-state index in [0.717, 1.165) is 25.0 Å². The van der Waals surface area contributed by atoms with Crippen LogP contribution in [0.15, 0.2) is 5.16 Å². The van der Waals surface area contributed by atoms with Gasteiger partial charge in [0.2, 0.25) is 0 Å². The Morgan fingerprint density at radius 1 is 0.923 bits per heavy atom. The maximum atomic E-state index is 8.65. The van der Waals surface area contributed by atoms with Crippen molar-refractivity contribution in [2.75, 3.05) is 0 Å². The highest BCUT2D eigenvalue weighted by Gasteiger charge is 1.98. The molecule has 0 amide bonds. The Kier molecular flexibility index (Phi) is 9.17. The van der Waals surface area contributed by atoms with Gasteiger partial charge in [0.15, 0.2) is 0 Å². The molecule has 0 radical (unpaired) electrons. The standard InChI is InChI=1S/C11H23NO/c1-3-5-6-7-8-10-11(12-13)9-4-2/h13H,3-10H2,1-2H3. The Bertz CT molecular complexity index is 132. The highest BCUT2D eigenvalue weighted by molar-refractivity contribution is 5.83. The highest BCUT2D eigenvalue weighted by atomic mass is 16.4. The largest absolute Gasteiger partial charge is 0.411 e. The van der Waals surface area contributed by atoms with Crippen molar-refractivity contribution in [3.8, 4) is 0 Å². The van der Waals surface area contributed by atoms with E-state index in [0.29, 0.717) is 0 Å². The van der Waals surface area contributed by atoms with Gasteiger partial charge in [-0.15, -0.1) is 0 Å². The van der Waals surface area contributed by atoms with Crippen molar-refractivity contribution in [3.63, 3.8) is 0 Å². The molecule has 1 N–H and O–H groups in total. The number of hydrogen-bond donors (Lipinski definition) is 1. The zero-order chi connectivity index (χ0) is 9.94. The van der Waals surface area contributed by atoms with Gasteiger partial charge in [-0.1, -0.05) is 51.1 Å². The zero-order valence-electron chi connectivity index (χ0n) is 9.05. The van der Waals surface area contributed by atoms with Crippen molar-refractivity contribution in [3.05, 3.63) is 0 Å². The molecule has 0 spiro atoms. The third-order valence-corrected chi connectivity index (χ3v) is 2.25. The van der Waals surface area contributed by atoms with Crippen LogP contribution in [0.3, 0.4) is 0 Å². The van der Waals surface area contributed by atoms with E-state index in [1.165, 1.54) is 32.1 Å². The first-order chi connectivity index (χ1) is 6.35. The second kappa shape index (κ2) is 9.56. The predicted octanol–water partition coefficient (Wildman–Crippen LogP) is 3.98. The summed E-state index contributed by atoms with van der Waals surface area (Å²) in [4.78, 5) is 0. The molecule has 2 nitrogen and oxygen atoms in total. The van der Waals surface area contributed by atoms with Gasteiger partial charge in [0.25, 0.3) is 0 Å². The number of oxime groups is 1. The van der Waals surface area contributed by atoms with E-state index in [-0.39, 0.29) is 0 Å². The maximum Gasteiger partial charge on any atom is 0.0570 e. The molecule has 0 atom stereocenters. The molecule has 0 saturated carbocycles. The van der Waals surface area contributed by atoms with E-state index in [4.69, 9.17) is 5.21 Å². The lowest BCUT2D eigenvalue weighted by molar-refractivity contribution is 0.315. The first-order valence-corrected chi connectivity index (χ1v) is 5.54. The molecule has 0 aliphatic rings. The van der Waals surface area contributed by atoms with Gasteiger partial charge in [-0.25, -0.2) is 0 Å². The molecule has 0 heterocycles. The summed E-state index contributed by atoms with van der Waals surface area (Å²) < 4.78 is 0. The van der Waals surface area contributed by atoms with E-state index in [2.05, 4.69) is 19.0 Å². The van der Waals surface area contributed by atoms with Crippen LogP contribution in [-0.4, -0.2) is 10.9 Å². The van der Waals surface area contributed by atoms with Crippen LogP contribution in [0.2, 0.25) is 0 Å². The summed E-state index contributed by atoms with van der Waals surface area (Å²) in [5, 5.41) is 12.0. The Hall–Kier alpha value is -0.530. The van der Waals surface area contributed by atoms with Gasteiger partial charge < -0.3 is 5.21 Å². The lowest BCUT2D eigenvalue weighted by Crippen LogP contribution is -1.97. The summed E-state index contributed by atoms with van der Waals surface area (Å²) >= 11 is 0. The van der Waals surface area contributed by atoms with Crippen LogP contribution in [0, 0.1) is 0 Å². The van der Waals surface area contributed by atoms with Crippen LogP contribution in [0.5, 0.6) is 0 Å². The second-order valence-corrected chi connectivity index (χ2v) is 3.58. The van der Waals surface area contributed by atoms with Crippen LogP contribution in [-0.2, 0) is 0 Å². The van der Waals surface area contributed by atoms with E-state index >= 15 is 0 Å². The Morgan fingerprint density at radius 3 is 2.15 bits per heavy atom. The second-order valence-electron chi connectivity index (χ2n) is 3.58. The molecule has 78 valence electrons. The van der Waals surface area contributed by atoms with Gasteiger partial charge in [-0.05, 0) is 19.3 Å². The number of hydrogen-bond acceptors (Lipinski definition) is 2. The summed E-state index contributed by atoms with van der Waals surface area (Å²) in [5.41, 5.74) is 0.971.